The summed E-state index contributed by atoms with van der Waals surface area (Å²) in [6.07, 6.45) is 4.76. The Balaban J connectivity index is 1.71. The van der Waals surface area contributed by atoms with Crippen LogP contribution in [0.3, 0.4) is 0 Å². The summed E-state index contributed by atoms with van der Waals surface area (Å²) in [6.45, 7) is 0.620. The normalized spacial score (nSPS) is 22.8. The number of benzene rings is 1. The lowest BCUT2D eigenvalue weighted by Crippen LogP contribution is -2.43. The summed E-state index contributed by atoms with van der Waals surface area (Å²) < 4.78 is 10.8. The van der Waals surface area contributed by atoms with E-state index in [2.05, 4.69) is 6.08 Å². The van der Waals surface area contributed by atoms with E-state index >= 15 is 0 Å². The van der Waals surface area contributed by atoms with Gasteiger partial charge in [0.2, 0.25) is 5.78 Å². The number of ether oxygens (including phenoxy) is 2. The van der Waals surface area contributed by atoms with Crippen LogP contribution in [0.4, 0.5) is 0 Å². The number of fused-ring (bicyclic) bond motifs is 1. The maximum atomic E-state index is 12.5. The molecule has 0 radical (unpaired) electrons. The van der Waals surface area contributed by atoms with Crippen LogP contribution in [0.5, 0.6) is 5.75 Å². The van der Waals surface area contributed by atoms with E-state index in [0.29, 0.717) is 18.2 Å². The number of alkyl halides is 1. The number of Topliss-reactive ketones (excluding diaryl/α,β-unsaturated/α-hetero) is 1. The molecular weight excluding hydrogens is 346 g/mol. The lowest BCUT2D eigenvalue weighted by molar-refractivity contribution is -0.119. The van der Waals surface area contributed by atoms with E-state index < -0.39 is 0 Å². The number of carbonyl (C=O) groups is 1. The zero-order valence-corrected chi connectivity index (χ0v) is 15.3. The van der Waals surface area contributed by atoms with Gasteiger partial charge in [0.25, 0.3) is 0 Å². The highest BCUT2D eigenvalue weighted by atomic mass is 35.5. The third-order valence-corrected chi connectivity index (χ3v) is 5.72. The molecule has 0 amide bonds. The van der Waals surface area contributed by atoms with Gasteiger partial charge in [0.1, 0.15) is 5.75 Å². The number of carbonyl (C=O) groups excluding carboxylic acids is 1. The molecule has 24 heavy (non-hydrogen) atoms. The second-order valence-corrected chi connectivity index (χ2v) is 7.26. The Labute approximate surface area is 151 Å². The number of hydrogen-bond acceptors (Lipinski definition) is 5. The van der Waals surface area contributed by atoms with Crippen molar-refractivity contribution in [1.82, 2.24) is 4.90 Å². The molecule has 0 aliphatic carbocycles. The van der Waals surface area contributed by atoms with Crippen molar-refractivity contribution in [2.24, 2.45) is 0 Å². The number of allylic oxidation sites excluding steroid dienone is 1. The van der Waals surface area contributed by atoms with Crippen LogP contribution in [-0.4, -0.2) is 48.6 Å². The van der Waals surface area contributed by atoms with Crippen molar-refractivity contribution in [2.75, 3.05) is 26.6 Å². The van der Waals surface area contributed by atoms with Crippen LogP contribution in [0.15, 0.2) is 42.3 Å². The van der Waals surface area contributed by atoms with E-state index in [4.69, 9.17) is 21.1 Å². The summed E-state index contributed by atoms with van der Waals surface area (Å²) in [4.78, 5) is 15.6. The zero-order valence-electron chi connectivity index (χ0n) is 13.7. The maximum absolute atomic E-state index is 12.5. The van der Waals surface area contributed by atoms with Gasteiger partial charge < -0.3 is 14.4 Å². The minimum Gasteiger partial charge on any atom is -0.494 e. The molecule has 2 unspecified atom stereocenters. The van der Waals surface area contributed by atoms with Gasteiger partial charge in [-0.25, -0.2) is 0 Å². The average molecular weight is 366 g/mol. The van der Waals surface area contributed by atoms with E-state index in [1.54, 1.807) is 18.0 Å². The van der Waals surface area contributed by atoms with E-state index in [0.717, 1.165) is 22.6 Å². The van der Waals surface area contributed by atoms with Crippen LogP contribution >= 0.6 is 23.4 Å². The Bertz CT molecular complexity index is 671. The summed E-state index contributed by atoms with van der Waals surface area (Å²) in [5, 5.41) is -0.149. The van der Waals surface area contributed by atoms with Gasteiger partial charge in [-0.05, 0) is 30.2 Å². The second-order valence-electron chi connectivity index (χ2n) is 5.70. The van der Waals surface area contributed by atoms with E-state index in [1.807, 2.05) is 36.2 Å². The summed E-state index contributed by atoms with van der Waals surface area (Å²) in [5.41, 5.74) is 1.10. The summed E-state index contributed by atoms with van der Waals surface area (Å²) in [5.74, 6) is 1.91. The van der Waals surface area contributed by atoms with Gasteiger partial charge >= 0.3 is 0 Å². The first-order valence-electron chi connectivity index (χ1n) is 7.83. The number of hydrogen-bond donors (Lipinski definition) is 0. The second kappa shape index (κ2) is 7.53. The topological polar surface area (TPSA) is 38.8 Å². The van der Waals surface area contributed by atoms with Gasteiger partial charge in [-0.1, -0.05) is 12.1 Å². The molecule has 2 aliphatic heterocycles. The molecule has 2 aliphatic rings. The van der Waals surface area contributed by atoms with Gasteiger partial charge in [0, 0.05) is 24.0 Å². The van der Waals surface area contributed by atoms with Gasteiger partial charge in [0.05, 0.1) is 25.0 Å². The average Bonchev–Trinajstić information content (AvgIpc) is 3.05. The van der Waals surface area contributed by atoms with E-state index in [9.17, 15) is 4.79 Å². The molecule has 2 atom stereocenters. The summed E-state index contributed by atoms with van der Waals surface area (Å²) in [6, 6.07) is 8.04. The molecule has 0 N–H and O–H groups in total. The monoisotopic (exact) mass is 365 g/mol. The Morgan fingerprint density at radius 3 is 2.71 bits per heavy atom. The third kappa shape index (κ3) is 3.42. The summed E-state index contributed by atoms with van der Waals surface area (Å²) >= 11 is 7.25. The van der Waals surface area contributed by atoms with Crippen LogP contribution in [0.2, 0.25) is 0 Å². The first kappa shape index (κ1) is 17.2. The fourth-order valence-electron chi connectivity index (χ4n) is 2.78. The van der Waals surface area contributed by atoms with Crippen molar-refractivity contribution in [3.63, 3.8) is 0 Å². The Morgan fingerprint density at radius 2 is 2.04 bits per heavy atom. The smallest absolute Gasteiger partial charge is 0.214 e. The summed E-state index contributed by atoms with van der Waals surface area (Å²) in [7, 11) is 3.51. The lowest BCUT2D eigenvalue weighted by atomic mass is 10.0. The maximum Gasteiger partial charge on any atom is 0.214 e. The fourth-order valence-corrected chi connectivity index (χ4v) is 4.29. The number of methoxy groups -OCH3 is 1. The predicted octanol–water partition coefficient (Wildman–Crippen LogP) is 3.52. The van der Waals surface area contributed by atoms with Crippen molar-refractivity contribution in [3.05, 3.63) is 47.9 Å². The third-order valence-electron chi connectivity index (χ3n) is 4.08. The van der Waals surface area contributed by atoms with Crippen molar-refractivity contribution < 1.29 is 14.3 Å². The molecule has 128 valence electrons. The Hall–Kier alpha value is -1.59. The molecule has 1 aromatic rings. The van der Waals surface area contributed by atoms with Gasteiger partial charge in [-0.2, -0.15) is 0 Å². The van der Waals surface area contributed by atoms with Crippen LogP contribution in [0.25, 0.3) is 4.91 Å². The highest BCUT2D eigenvalue weighted by Gasteiger charge is 2.41. The molecule has 6 heteroatoms. The van der Waals surface area contributed by atoms with Crippen molar-refractivity contribution in [2.45, 2.75) is 17.7 Å². The highest BCUT2D eigenvalue weighted by Crippen LogP contribution is 2.44. The molecule has 1 aromatic carbocycles. The van der Waals surface area contributed by atoms with Crippen LogP contribution in [0.1, 0.15) is 12.0 Å². The van der Waals surface area contributed by atoms with Gasteiger partial charge in [-0.3, -0.25) is 4.79 Å². The van der Waals surface area contributed by atoms with Crippen molar-refractivity contribution in [3.8, 4) is 5.75 Å². The molecular formula is C18H20ClNO3S. The first-order chi connectivity index (χ1) is 11.6. The minimum atomic E-state index is -0.149. The number of nitrogens with zero attached hydrogens (tertiary/aromatic N) is 1. The van der Waals surface area contributed by atoms with Crippen molar-refractivity contribution in [1.29, 1.82) is 0 Å². The van der Waals surface area contributed by atoms with Crippen molar-refractivity contribution >= 4 is 34.1 Å². The molecule has 2 heterocycles. The SMILES string of the molecule is COC1=CN(C)C2C=C(c3ccc(OCCCCl)cc3)SC2C1=O. The largest absolute Gasteiger partial charge is 0.494 e. The molecule has 0 saturated carbocycles. The number of rotatable bonds is 6. The molecule has 0 aromatic heterocycles. The molecule has 0 fully saturated rings. The van der Waals surface area contributed by atoms with Crippen LogP contribution in [0, 0.1) is 0 Å². The number of halogens is 1. The molecule has 0 spiro atoms. The lowest BCUT2D eigenvalue weighted by Gasteiger charge is -2.31. The molecule has 4 nitrogen and oxygen atoms in total. The van der Waals surface area contributed by atoms with Gasteiger partial charge in [0.15, 0.2) is 5.76 Å². The Morgan fingerprint density at radius 1 is 1.29 bits per heavy atom. The molecule has 0 bridgehead atoms. The highest BCUT2D eigenvalue weighted by molar-refractivity contribution is 8.09. The Kier molecular flexibility index (Phi) is 5.41. The minimum absolute atomic E-state index is 0.0536. The van der Waals surface area contributed by atoms with E-state index in [-0.39, 0.29) is 17.1 Å². The standard InChI is InChI=1S/C18H20ClNO3S/c1-20-11-15(22-2)17(21)18-14(20)10-16(24-18)12-4-6-13(7-5-12)23-9-3-8-19/h4-7,10-11,14,18H,3,8-9H2,1-2H3. The number of likely N-dealkylation sites (N-methyl/N-ethyl adjacent to an activating group) is 1. The molecule has 3 rings (SSSR count). The number of ketones is 1. The quantitative estimate of drug-likeness (QED) is 0.569. The predicted molar refractivity (Wildman–Crippen MR) is 98.3 cm³/mol. The first-order valence-corrected chi connectivity index (χ1v) is 9.25. The van der Waals surface area contributed by atoms with Crippen LogP contribution in [-0.2, 0) is 9.53 Å². The van der Waals surface area contributed by atoms with E-state index in [1.165, 1.54) is 7.11 Å². The molecule has 0 saturated heterocycles. The zero-order chi connectivity index (χ0) is 17.1. The fraction of sp³-hybridized carbons (Fsp3) is 0.389. The number of thioether (sulfide) groups is 1. The van der Waals surface area contributed by atoms with Crippen LogP contribution < -0.4 is 4.74 Å². The van der Waals surface area contributed by atoms with Gasteiger partial charge in [-0.15, -0.1) is 23.4 Å².